The van der Waals surface area contributed by atoms with Crippen molar-refractivity contribution in [2.45, 2.75) is 31.6 Å². The first kappa shape index (κ1) is 13.1. The minimum Gasteiger partial charge on any atom is -0.481 e. The van der Waals surface area contributed by atoms with Gasteiger partial charge < -0.3 is 10.0 Å². The monoisotopic (exact) mass is 247 g/mol. The van der Waals surface area contributed by atoms with Gasteiger partial charge in [-0.25, -0.2) is 0 Å². The molecule has 1 saturated heterocycles. The molecule has 3 heteroatoms. The third-order valence-electron chi connectivity index (χ3n) is 3.82. The molecule has 18 heavy (non-hydrogen) atoms. The fourth-order valence-electron chi connectivity index (χ4n) is 2.71. The van der Waals surface area contributed by atoms with Crippen LogP contribution in [0, 0.1) is 0 Å². The average Bonchev–Trinajstić information content (AvgIpc) is 2.75. The molecule has 0 spiro atoms. The SMILES string of the molecule is CC(CC(=O)O)c1cccc(C2CCN(C)C2)c1. The van der Waals surface area contributed by atoms with Crippen molar-refractivity contribution in [3.8, 4) is 0 Å². The van der Waals surface area contributed by atoms with E-state index in [4.69, 9.17) is 5.11 Å². The maximum atomic E-state index is 10.8. The lowest BCUT2D eigenvalue weighted by atomic mass is 9.91. The molecule has 1 aromatic carbocycles. The number of carboxylic acids is 1. The first-order valence-corrected chi connectivity index (χ1v) is 6.56. The quantitative estimate of drug-likeness (QED) is 0.889. The Morgan fingerprint density at radius 2 is 2.33 bits per heavy atom. The fraction of sp³-hybridized carbons (Fsp3) is 0.533. The van der Waals surface area contributed by atoms with E-state index in [0.717, 1.165) is 18.7 Å². The van der Waals surface area contributed by atoms with Gasteiger partial charge in [-0.1, -0.05) is 31.2 Å². The van der Waals surface area contributed by atoms with Gasteiger partial charge in [0.2, 0.25) is 0 Å². The van der Waals surface area contributed by atoms with Gasteiger partial charge >= 0.3 is 5.97 Å². The van der Waals surface area contributed by atoms with Crippen molar-refractivity contribution in [3.05, 3.63) is 35.4 Å². The summed E-state index contributed by atoms with van der Waals surface area (Å²) >= 11 is 0. The van der Waals surface area contributed by atoms with E-state index in [9.17, 15) is 4.79 Å². The lowest BCUT2D eigenvalue weighted by molar-refractivity contribution is -0.137. The molecular weight excluding hydrogens is 226 g/mol. The summed E-state index contributed by atoms with van der Waals surface area (Å²) in [5, 5.41) is 8.85. The molecule has 98 valence electrons. The smallest absolute Gasteiger partial charge is 0.303 e. The van der Waals surface area contributed by atoms with Crippen LogP contribution >= 0.6 is 0 Å². The Labute approximate surface area is 108 Å². The highest BCUT2D eigenvalue weighted by Crippen LogP contribution is 2.29. The van der Waals surface area contributed by atoms with Crippen molar-refractivity contribution in [3.63, 3.8) is 0 Å². The van der Waals surface area contributed by atoms with Crippen molar-refractivity contribution in [2.24, 2.45) is 0 Å². The minimum absolute atomic E-state index is 0.0848. The van der Waals surface area contributed by atoms with E-state index >= 15 is 0 Å². The van der Waals surface area contributed by atoms with Gasteiger partial charge in [-0.3, -0.25) is 4.79 Å². The van der Waals surface area contributed by atoms with Gasteiger partial charge in [0.25, 0.3) is 0 Å². The second kappa shape index (κ2) is 5.53. The molecule has 1 aliphatic rings. The van der Waals surface area contributed by atoms with Crippen LogP contribution in [0.2, 0.25) is 0 Å². The maximum absolute atomic E-state index is 10.8. The average molecular weight is 247 g/mol. The Morgan fingerprint density at radius 3 is 2.94 bits per heavy atom. The zero-order chi connectivity index (χ0) is 13.1. The van der Waals surface area contributed by atoms with Crippen LogP contribution in [0.4, 0.5) is 0 Å². The van der Waals surface area contributed by atoms with E-state index in [1.807, 2.05) is 13.0 Å². The third kappa shape index (κ3) is 3.10. The highest BCUT2D eigenvalue weighted by Gasteiger charge is 2.21. The van der Waals surface area contributed by atoms with Crippen LogP contribution in [-0.2, 0) is 4.79 Å². The number of hydrogen-bond donors (Lipinski definition) is 1. The molecule has 0 bridgehead atoms. The summed E-state index contributed by atoms with van der Waals surface area (Å²) < 4.78 is 0. The normalized spacial score (nSPS) is 22.0. The molecule has 1 aromatic rings. The molecular formula is C15H21NO2. The highest BCUT2D eigenvalue weighted by molar-refractivity contribution is 5.68. The zero-order valence-corrected chi connectivity index (χ0v) is 11.1. The van der Waals surface area contributed by atoms with Crippen molar-refractivity contribution in [1.29, 1.82) is 0 Å². The maximum Gasteiger partial charge on any atom is 0.303 e. The number of rotatable bonds is 4. The predicted molar refractivity (Wildman–Crippen MR) is 72.0 cm³/mol. The van der Waals surface area contributed by atoms with E-state index in [1.54, 1.807) is 0 Å². The van der Waals surface area contributed by atoms with E-state index < -0.39 is 5.97 Å². The number of nitrogens with zero attached hydrogens (tertiary/aromatic N) is 1. The summed E-state index contributed by atoms with van der Waals surface area (Å²) in [7, 11) is 2.15. The number of aliphatic carboxylic acids is 1. The summed E-state index contributed by atoms with van der Waals surface area (Å²) in [5.41, 5.74) is 2.50. The molecule has 0 radical (unpaired) electrons. The number of carbonyl (C=O) groups is 1. The topological polar surface area (TPSA) is 40.5 Å². The fourth-order valence-corrected chi connectivity index (χ4v) is 2.71. The molecule has 0 aromatic heterocycles. The summed E-state index contributed by atoms with van der Waals surface area (Å²) in [6.45, 7) is 4.24. The predicted octanol–water partition coefficient (Wildman–Crippen LogP) is 2.68. The van der Waals surface area contributed by atoms with Crippen LogP contribution in [0.25, 0.3) is 0 Å². The summed E-state index contributed by atoms with van der Waals surface area (Å²) in [6, 6.07) is 8.45. The number of likely N-dealkylation sites (tertiary alicyclic amines) is 1. The van der Waals surface area contributed by atoms with Gasteiger partial charge in [0.1, 0.15) is 0 Å². The number of carboxylic acid groups (broad SMARTS) is 1. The molecule has 0 amide bonds. The number of benzene rings is 1. The number of likely N-dealkylation sites (N-methyl/N-ethyl adjacent to an activating group) is 1. The molecule has 1 aliphatic heterocycles. The molecule has 1 heterocycles. The molecule has 0 saturated carbocycles. The molecule has 2 atom stereocenters. The van der Waals surface area contributed by atoms with Crippen LogP contribution in [-0.4, -0.2) is 36.1 Å². The summed E-state index contributed by atoms with van der Waals surface area (Å²) in [6.07, 6.45) is 1.40. The van der Waals surface area contributed by atoms with E-state index in [-0.39, 0.29) is 12.3 Å². The minimum atomic E-state index is -0.728. The molecule has 1 fully saturated rings. The van der Waals surface area contributed by atoms with E-state index in [2.05, 4.69) is 30.1 Å². The van der Waals surface area contributed by atoms with E-state index in [1.165, 1.54) is 12.0 Å². The third-order valence-corrected chi connectivity index (χ3v) is 3.82. The number of hydrogen-bond acceptors (Lipinski definition) is 2. The molecule has 3 nitrogen and oxygen atoms in total. The van der Waals surface area contributed by atoms with Crippen LogP contribution < -0.4 is 0 Å². The van der Waals surface area contributed by atoms with Gasteiger partial charge in [-0.2, -0.15) is 0 Å². The lowest BCUT2D eigenvalue weighted by Gasteiger charge is -2.15. The molecule has 1 N–H and O–H groups in total. The first-order chi connectivity index (χ1) is 8.56. The Bertz CT molecular complexity index is 430. The van der Waals surface area contributed by atoms with Gasteiger partial charge in [0.15, 0.2) is 0 Å². The Morgan fingerprint density at radius 1 is 1.56 bits per heavy atom. The second-order valence-corrected chi connectivity index (χ2v) is 5.42. The van der Waals surface area contributed by atoms with Gasteiger partial charge in [0.05, 0.1) is 6.42 Å². The van der Waals surface area contributed by atoms with Crippen LogP contribution in [0.15, 0.2) is 24.3 Å². The Hall–Kier alpha value is -1.35. The summed E-state index contributed by atoms with van der Waals surface area (Å²) in [4.78, 5) is 13.1. The van der Waals surface area contributed by atoms with Gasteiger partial charge in [-0.05, 0) is 43.0 Å². The highest BCUT2D eigenvalue weighted by atomic mass is 16.4. The van der Waals surface area contributed by atoms with Crippen molar-refractivity contribution in [1.82, 2.24) is 4.90 Å². The Kier molecular flexibility index (Phi) is 4.02. The van der Waals surface area contributed by atoms with Gasteiger partial charge in [0, 0.05) is 6.54 Å². The summed E-state index contributed by atoms with van der Waals surface area (Å²) in [5.74, 6) is -0.0398. The first-order valence-electron chi connectivity index (χ1n) is 6.56. The molecule has 0 aliphatic carbocycles. The largest absolute Gasteiger partial charge is 0.481 e. The standard InChI is InChI=1S/C15H21NO2/c1-11(8-15(17)18)12-4-3-5-13(9-12)14-6-7-16(2)10-14/h3-5,9,11,14H,6-8,10H2,1-2H3,(H,17,18). The molecule has 2 unspecified atom stereocenters. The van der Waals surface area contributed by atoms with Gasteiger partial charge in [-0.15, -0.1) is 0 Å². The van der Waals surface area contributed by atoms with Crippen LogP contribution in [0.5, 0.6) is 0 Å². The van der Waals surface area contributed by atoms with Crippen molar-refractivity contribution >= 4 is 5.97 Å². The Balaban J connectivity index is 2.12. The van der Waals surface area contributed by atoms with Crippen molar-refractivity contribution in [2.75, 3.05) is 20.1 Å². The lowest BCUT2D eigenvalue weighted by Crippen LogP contribution is -2.13. The van der Waals surface area contributed by atoms with Crippen LogP contribution in [0.1, 0.15) is 42.7 Å². The van der Waals surface area contributed by atoms with E-state index in [0.29, 0.717) is 5.92 Å². The zero-order valence-electron chi connectivity index (χ0n) is 11.1. The van der Waals surface area contributed by atoms with Crippen LogP contribution in [0.3, 0.4) is 0 Å². The van der Waals surface area contributed by atoms with Crippen molar-refractivity contribution < 1.29 is 9.90 Å². The second-order valence-electron chi connectivity index (χ2n) is 5.42. The molecule has 2 rings (SSSR count).